The predicted octanol–water partition coefficient (Wildman–Crippen LogP) is -7.68. The first-order chi connectivity index (χ1) is 43.6. The van der Waals surface area contributed by atoms with Crippen molar-refractivity contribution >= 4 is 95.8 Å². The monoisotopic (exact) mass is 1310 g/mol. The summed E-state index contributed by atoms with van der Waals surface area (Å²) in [6, 6.07) is 0.0735. The lowest BCUT2D eigenvalue weighted by molar-refractivity contribution is -0.136. The number of aliphatic hydroxyl groups excluding tert-OH is 2. The smallest absolute Gasteiger partial charge is 0.475 e. The van der Waals surface area contributed by atoms with E-state index >= 15 is 0 Å². The van der Waals surface area contributed by atoms with Gasteiger partial charge in [-0.3, -0.25) is 62.7 Å². The van der Waals surface area contributed by atoms with Crippen LogP contribution in [0.4, 0.5) is 0 Å². The van der Waals surface area contributed by atoms with Gasteiger partial charge in [-0.2, -0.15) is 11.8 Å². The first-order valence-corrected chi connectivity index (χ1v) is 31.0. The minimum Gasteiger partial charge on any atom is -0.508 e. The Hall–Kier alpha value is -8.84. The molecule has 0 aliphatic heterocycles. The fourth-order valence-electron chi connectivity index (χ4n) is 8.71. The maximum atomic E-state index is 14.6. The number of nitrogens with zero attached hydrogens (tertiary/aromatic N) is 2. The number of nitrogens with one attached hydrogen (secondary N) is 10. The Morgan fingerprint density at radius 1 is 0.478 bits per heavy atom. The quantitative estimate of drug-likeness (QED) is 0.0127. The normalized spacial score (nSPS) is 14.1. The van der Waals surface area contributed by atoms with Gasteiger partial charge in [-0.15, -0.1) is 0 Å². The zero-order chi connectivity index (χ0) is 68.9. The molecule has 2 aromatic rings. The molecule has 0 saturated heterocycles. The molecule has 0 saturated carbocycles. The summed E-state index contributed by atoms with van der Waals surface area (Å²) in [7, 11) is -2.01. The summed E-state index contributed by atoms with van der Waals surface area (Å²) in [5, 5.41) is 74.3. The Balaban J connectivity index is 2.54. The van der Waals surface area contributed by atoms with E-state index in [1.165, 1.54) is 49.9 Å². The molecule has 0 fully saturated rings. The number of amides is 11. The molecule has 2 aromatic carbocycles. The van der Waals surface area contributed by atoms with Crippen LogP contribution in [0.15, 0.2) is 64.6 Å². The summed E-state index contributed by atoms with van der Waals surface area (Å²) in [5.74, 6) is -12.0. The molecule has 0 aliphatic carbocycles. The van der Waals surface area contributed by atoms with E-state index in [9.17, 15) is 78.1 Å². The number of phenolic OH excluding ortho intramolecular Hbond substituents is 1. The van der Waals surface area contributed by atoms with Crippen molar-refractivity contribution in [3.05, 3.63) is 65.7 Å². The minimum atomic E-state index is -2.01. The summed E-state index contributed by atoms with van der Waals surface area (Å²) in [6.07, 6.45) is 1.18. The number of hydrogen-bond acceptors (Lipinski definition) is 20. The lowest BCUT2D eigenvalue weighted by Gasteiger charge is -2.28. The maximum Gasteiger partial charge on any atom is 0.475 e. The number of phenols is 1. The van der Waals surface area contributed by atoms with E-state index in [1.807, 2.05) is 0 Å². The van der Waals surface area contributed by atoms with Crippen molar-refractivity contribution in [2.24, 2.45) is 44.4 Å². The number of primary amides is 1. The predicted molar refractivity (Wildman–Crippen MR) is 341 cm³/mol. The second-order valence-electron chi connectivity index (χ2n) is 21.3. The number of thioether (sulfide) groups is 1. The molecular weight excluding hydrogens is 1220 g/mol. The molecule has 0 radical (unpaired) electrons. The zero-order valence-electron chi connectivity index (χ0n) is 51.8. The van der Waals surface area contributed by atoms with Crippen LogP contribution in [0.5, 0.6) is 5.75 Å². The van der Waals surface area contributed by atoms with Crippen molar-refractivity contribution in [2.75, 3.05) is 44.9 Å². The summed E-state index contributed by atoms with van der Waals surface area (Å²) < 4.78 is 0. The molecule has 34 nitrogen and oxygen atoms in total. The van der Waals surface area contributed by atoms with Crippen molar-refractivity contribution in [3.8, 4) is 5.75 Å². The third kappa shape index (κ3) is 31.3. The Morgan fingerprint density at radius 2 is 0.837 bits per heavy atom. The van der Waals surface area contributed by atoms with Crippen LogP contribution >= 0.6 is 11.8 Å². The Kier molecular flexibility index (Phi) is 37.1. The first kappa shape index (κ1) is 79.3. The van der Waals surface area contributed by atoms with Crippen LogP contribution in [0.25, 0.3) is 0 Å². The van der Waals surface area contributed by atoms with E-state index in [4.69, 9.17) is 34.4 Å². The van der Waals surface area contributed by atoms with E-state index in [-0.39, 0.29) is 87.9 Å². The Bertz CT molecular complexity index is 2790. The molecule has 2 rings (SSSR count). The molecule has 0 spiro atoms. The van der Waals surface area contributed by atoms with Crippen LogP contribution in [0.3, 0.4) is 0 Å². The van der Waals surface area contributed by atoms with E-state index in [2.05, 4.69) is 63.2 Å². The minimum absolute atomic E-state index is 0.0349. The number of hydrogen-bond donors (Lipinski definition) is 21. The molecule has 0 heterocycles. The summed E-state index contributed by atoms with van der Waals surface area (Å²) in [6.45, 7) is 0.699. The molecule has 36 heteroatoms. The standard InChI is InChI=1S/C56H91BN18O16S/c1-31(57(90)91)66-53(88)43(29-76)75-52(87)42(28-34-16-18-35(79)19-17-34)73-49(84)39(20-21-45(59)80)70-50(85)40(22-26-92-3)71-54(89)44(30-77)74-48(83)38(15-10-25-65-56(62)63)69-51(86)41(27-33-11-5-4-6-12-33)72-47(82)37(14-9-24-64-55(60)61)68-46(81)36(67-32(2)78)13-7-8-23-58/h4-6,11-12,16-19,31,36-44,76-77,79,90-91H,7-10,13-15,20-30,58H2,1-3H3,(H2,59,80)(H,66,88)(H,67,78)(H,68,81)(H,69,86)(H,70,85)(H,71,89)(H,72,82)(H,73,84)(H,74,83)(H,75,87)(H4,60,61,64)(H4,62,63,65)/t31-,36-,37-,38-,39-,40-,41-,42-,43-,44-/m0/s1. The lowest BCUT2D eigenvalue weighted by atomic mass is 9.81. The lowest BCUT2D eigenvalue weighted by Crippen LogP contribution is -2.61. The summed E-state index contributed by atoms with van der Waals surface area (Å²) in [4.78, 5) is 159. The van der Waals surface area contributed by atoms with Crippen LogP contribution in [0, 0.1) is 0 Å². The van der Waals surface area contributed by atoms with Crippen molar-refractivity contribution < 1.29 is 78.1 Å². The van der Waals surface area contributed by atoms with Crippen LogP contribution in [0.1, 0.15) is 89.2 Å². The second kappa shape index (κ2) is 43.0. The molecule has 27 N–H and O–H groups in total. The fourth-order valence-corrected chi connectivity index (χ4v) is 9.19. The molecular formula is C56H91BN18O16S. The van der Waals surface area contributed by atoms with Gasteiger partial charge < -0.3 is 113 Å². The Morgan fingerprint density at radius 3 is 1.23 bits per heavy atom. The highest BCUT2D eigenvalue weighted by atomic mass is 32.2. The average molecular weight is 1320 g/mol. The topological polar surface area (TPSA) is 590 Å². The number of aliphatic imine (C=N–C) groups is 2. The van der Waals surface area contributed by atoms with Crippen molar-refractivity contribution in [2.45, 2.75) is 151 Å². The third-order valence-electron chi connectivity index (χ3n) is 13.7. The third-order valence-corrected chi connectivity index (χ3v) is 14.4. The van der Waals surface area contributed by atoms with Gasteiger partial charge in [-0.25, -0.2) is 0 Å². The van der Waals surface area contributed by atoms with Gasteiger partial charge in [-0.1, -0.05) is 42.5 Å². The molecule has 0 aliphatic rings. The van der Waals surface area contributed by atoms with Gasteiger partial charge in [0.1, 0.15) is 60.1 Å². The van der Waals surface area contributed by atoms with Gasteiger partial charge in [-0.05, 0) is 107 Å². The maximum absolute atomic E-state index is 14.6. The van der Waals surface area contributed by atoms with Gasteiger partial charge in [0.25, 0.3) is 0 Å². The molecule has 0 unspecified atom stereocenters. The Labute approximate surface area is 537 Å². The number of guanidine groups is 2. The van der Waals surface area contributed by atoms with Crippen molar-refractivity contribution in [1.29, 1.82) is 0 Å². The van der Waals surface area contributed by atoms with Crippen LogP contribution in [-0.2, 0) is 65.6 Å². The molecule has 10 atom stereocenters. The van der Waals surface area contributed by atoms with Crippen molar-refractivity contribution in [1.82, 2.24) is 53.2 Å². The summed E-state index contributed by atoms with van der Waals surface area (Å²) >= 11 is 1.24. The number of rotatable bonds is 44. The van der Waals surface area contributed by atoms with Gasteiger partial charge in [0.15, 0.2) is 11.9 Å². The molecule has 11 amide bonds. The SMILES string of the molecule is CSCC[C@H](NC(=O)[C@H](CO)NC(=O)[C@H](CCCN=C(N)N)NC(=O)[C@H](Cc1ccccc1)NC(=O)[C@H](CCCN=C(N)N)NC(=O)[C@H](CCCCN)NC(C)=O)C(=O)N[C@@H](CCC(N)=O)C(=O)N[C@@H](Cc1ccc(O)cc1)C(=O)N[C@@H](CO)C(=O)N[C@@H](C)B(O)O. The molecule has 0 bridgehead atoms. The average Bonchev–Trinajstić information content (AvgIpc) is 2.35. The number of aromatic hydroxyl groups is 1. The highest BCUT2D eigenvalue weighted by Crippen LogP contribution is 2.14. The van der Waals surface area contributed by atoms with E-state index in [1.54, 1.807) is 36.6 Å². The van der Waals surface area contributed by atoms with Crippen LogP contribution < -0.4 is 87.6 Å². The number of carbonyl (C=O) groups excluding carboxylic acids is 11. The van der Waals surface area contributed by atoms with Gasteiger partial charge in [0.05, 0.1) is 19.2 Å². The number of nitrogens with two attached hydrogens (primary N) is 6. The van der Waals surface area contributed by atoms with Gasteiger partial charge in [0.2, 0.25) is 65.0 Å². The first-order valence-electron chi connectivity index (χ1n) is 29.6. The number of carbonyl (C=O) groups is 11. The van der Waals surface area contributed by atoms with Crippen LogP contribution in [-0.4, -0.2) is 215 Å². The van der Waals surface area contributed by atoms with E-state index in [0.717, 1.165) is 0 Å². The highest BCUT2D eigenvalue weighted by Gasteiger charge is 2.36. The van der Waals surface area contributed by atoms with Crippen molar-refractivity contribution in [3.63, 3.8) is 0 Å². The number of benzene rings is 2. The molecule has 510 valence electrons. The van der Waals surface area contributed by atoms with E-state index in [0.29, 0.717) is 30.5 Å². The molecule has 0 aromatic heterocycles. The highest BCUT2D eigenvalue weighted by molar-refractivity contribution is 7.98. The van der Waals surface area contributed by atoms with Gasteiger partial charge >= 0.3 is 7.12 Å². The van der Waals surface area contributed by atoms with Gasteiger partial charge in [0, 0.05) is 39.3 Å². The second-order valence-corrected chi connectivity index (χ2v) is 22.3. The fraction of sp³-hybridized carbons (Fsp3) is 0.554. The molecule has 92 heavy (non-hydrogen) atoms. The number of aliphatic hydroxyl groups is 2. The largest absolute Gasteiger partial charge is 0.508 e. The zero-order valence-corrected chi connectivity index (χ0v) is 52.6. The van der Waals surface area contributed by atoms with Crippen LogP contribution in [0.2, 0.25) is 0 Å². The van der Waals surface area contributed by atoms with E-state index < -0.39 is 158 Å². The number of unbranched alkanes of at least 4 members (excludes halogenated alkanes) is 1. The summed E-state index contributed by atoms with van der Waals surface area (Å²) in [5.41, 5.74) is 34.1.